The van der Waals surface area contributed by atoms with Gasteiger partial charge in [-0.1, -0.05) is 27.2 Å². The minimum absolute atomic E-state index is 0.255. The summed E-state index contributed by atoms with van der Waals surface area (Å²) in [5.74, 6) is 1.74. The summed E-state index contributed by atoms with van der Waals surface area (Å²) in [5.41, 5.74) is 8.58. The number of hydrogen-bond donors (Lipinski definition) is 1. The van der Waals surface area contributed by atoms with Crippen LogP contribution in [-0.2, 0) is 4.84 Å². The quantitative estimate of drug-likeness (QED) is 0.269. The van der Waals surface area contributed by atoms with Crippen molar-refractivity contribution in [2.75, 3.05) is 13.2 Å². The highest BCUT2D eigenvalue weighted by Crippen LogP contribution is 2.17. The van der Waals surface area contributed by atoms with Crippen LogP contribution >= 0.6 is 15.9 Å². The molecule has 3 rings (SSSR count). The summed E-state index contributed by atoms with van der Waals surface area (Å²) in [7, 11) is 0. The molecule has 0 aliphatic rings. The van der Waals surface area contributed by atoms with Crippen LogP contribution in [0, 0.1) is 13.8 Å². The Morgan fingerprint density at radius 3 is 2.70 bits per heavy atom. The fraction of sp³-hybridized carbons (Fsp3) is 0.211. The Morgan fingerprint density at radius 1 is 1.19 bits per heavy atom. The van der Waals surface area contributed by atoms with Gasteiger partial charge in [0.05, 0.1) is 5.69 Å². The summed E-state index contributed by atoms with van der Waals surface area (Å²) >= 11 is 3.39. The maximum atomic E-state index is 5.95. The van der Waals surface area contributed by atoms with E-state index in [1.54, 1.807) is 10.9 Å². The number of benzene rings is 1. The Kier molecular flexibility index (Phi) is 6.08. The lowest BCUT2D eigenvalue weighted by Crippen LogP contribution is -2.16. The van der Waals surface area contributed by atoms with Crippen LogP contribution < -0.4 is 10.5 Å². The largest absolute Gasteiger partial charge is 0.490 e. The van der Waals surface area contributed by atoms with Gasteiger partial charge in [-0.15, -0.1) is 0 Å². The first-order chi connectivity index (χ1) is 13.0. The molecule has 0 fully saturated rings. The Bertz CT molecular complexity index is 938. The summed E-state index contributed by atoms with van der Waals surface area (Å²) < 4.78 is 8.30. The van der Waals surface area contributed by atoms with Gasteiger partial charge in [-0.3, -0.25) is 0 Å². The summed E-state index contributed by atoms with van der Waals surface area (Å²) in [5, 5.41) is 8.32. The van der Waals surface area contributed by atoms with Crippen LogP contribution in [-0.4, -0.2) is 33.8 Å². The van der Waals surface area contributed by atoms with Crippen LogP contribution in [0.4, 0.5) is 0 Å². The number of nitrogens with two attached hydrogens (primary N) is 1. The van der Waals surface area contributed by atoms with E-state index < -0.39 is 0 Å². The van der Waals surface area contributed by atoms with Crippen LogP contribution in [0.15, 0.2) is 58.3 Å². The minimum Gasteiger partial charge on any atom is -0.490 e. The van der Waals surface area contributed by atoms with Gasteiger partial charge in [0.2, 0.25) is 0 Å². The lowest BCUT2D eigenvalue weighted by molar-refractivity contribution is 0.107. The van der Waals surface area contributed by atoms with E-state index in [0.717, 1.165) is 27.4 Å². The van der Waals surface area contributed by atoms with Gasteiger partial charge in [0.1, 0.15) is 12.4 Å². The zero-order chi connectivity index (χ0) is 19.2. The molecule has 0 atom stereocenters. The first-order valence-corrected chi connectivity index (χ1v) is 9.16. The highest BCUT2D eigenvalue weighted by atomic mass is 79.9. The van der Waals surface area contributed by atoms with Gasteiger partial charge in [-0.05, 0) is 50.2 Å². The van der Waals surface area contributed by atoms with Crippen molar-refractivity contribution in [1.29, 1.82) is 0 Å². The first-order valence-electron chi connectivity index (χ1n) is 8.37. The van der Waals surface area contributed by atoms with Crippen LogP contribution in [0.3, 0.4) is 0 Å². The molecule has 140 valence electrons. The van der Waals surface area contributed by atoms with Crippen molar-refractivity contribution in [1.82, 2.24) is 14.8 Å². The minimum atomic E-state index is 0.255. The Hall–Kier alpha value is -2.87. The summed E-state index contributed by atoms with van der Waals surface area (Å²) in [6, 6.07) is 13.3. The van der Waals surface area contributed by atoms with Crippen molar-refractivity contribution in [3.05, 3.63) is 70.1 Å². The molecular formula is C19H20BrN5O2. The van der Waals surface area contributed by atoms with Crippen molar-refractivity contribution in [3.8, 4) is 11.6 Å². The fourth-order valence-corrected chi connectivity index (χ4v) is 2.82. The van der Waals surface area contributed by atoms with Crippen molar-refractivity contribution in [3.63, 3.8) is 0 Å². The predicted octanol–water partition coefficient (Wildman–Crippen LogP) is 3.36. The normalized spacial score (nSPS) is 11.4. The monoisotopic (exact) mass is 429 g/mol. The molecule has 27 heavy (non-hydrogen) atoms. The molecule has 0 spiro atoms. The maximum absolute atomic E-state index is 5.95. The molecule has 0 unspecified atom stereocenters. The lowest BCUT2D eigenvalue weighted by atomic mass is 10.2. The van der Waals surface area contributed by atoms with Gasteiger partial charge in [0.25, 0.3) is 0 Å². The van der Waals surface area contributed by atoms with Crippen LogP contribution in [0.5, 0.6) is 5.75 Å². The van der Waals surface area contributed by atoms with Crippen molar-refractivity contribution < 1.29 is 9.57 Å². The topological polar surface area (TPSA) is 87.6 Å². The van der Waals surface area contributed by atoms with Crippen LogP contribution in [0.25, 0.3) is 5.82 Å². The lowest BCUT2D eigenvalue weighted by Gasteiger charge is -2.07. The molecule has 2 N–H and O–H groups in total. The third-order valence-electron chi connectivity index (χ3n) is 3.67. The van der Waals surface area contributed by atoms with Gasteiger partial charge < -0.3 is 15.3 Å². The molecule has 8 heteroatoms. The van der Waals surface area contributed by atoms with Gasteiger partial charge in [0.15, 0.2) is 18.3 Å². The van der Waals surface area contributed by atoms with E-state index in [1.807, 2.05) is 56.3 Å². The van der Waals surface area contributed by atoms with Crippen molar-refractivity contribution in [2.45, 2.75) is 13.8 Å². The smallest absolute Gasteiger partial charge is 0.171 e. The third kappa shape index (κ3) is 5.07. The van der Waals surface area contributed by atoms with E-state index >= 15 is 0 Å². The second-order valence-electron chi connectivity index (χ2n) is 5.86. The number of pyridine rings is 1. The number of halogens is 1. The molecular weight excluding hydrogens is 410 g/mol. The first kappa shape index (κ1) is 18.9. The maximum Gasteiger partial charge on any atom is 0.171 e. The average molecular weight is 430 g/mol. The molecule has 0 aliphatic carbocycles. The molecule has 0 amide bonds. The van der Waals surface area contributed by atoms with E-state index in [9.17, 15) is 0 Å². The Balaban J connectivity index is 1.52. The molecule has 0 bridgehead atoms. The number of aromatic nitrogens is 3. The number of nitrogens with zero attached hydrogens (tertiary/aromatic N) is 4. The molecule has 2 heterocycles. The molecule has 0 saturated heterocycles. The van der Waals surface area contributed by atoms with Crippen LogP contribution in [0.1, 0.15) is 17.0 Å². The zero-order valence-corrected chi connectivity index (χ0v) is 16.7. The molecule has 7 nitrogen and oxygen atoms in total. The van der Waals surface area contributed by atoms with E-state index in [1.165, 1.54) is 0 Å². The summed E-state index contributed by atoms with van der Waals surface area (Å²) in [4.78, 5) is 9.61. The standard InChI is InChI=1S/C19H20BrN5O2/c1-13-10-14(2)25(23-13)18-7-6-15(12-22-18)19(21)24-27-9-8-26-17-5-3-4-16(20)11-17/h3-7,10-12H,8-9H2,1-2H3,(H2,21,24). The van der Waals surface area contributed by atoms with E-state index in [-0.39, 0.29) is 12.4 Å². The molecule has 0 saturated carbocycles. The number of aryl methyl sites for hydroxylation is 2. The van der Waals surface area contributed by atoms with Gasteiger partial charge >= 0.3 is 0 Å². The van der Waals surface area contributed by atoms with Gasteiger partial charge in [0, 0.05) is 21.9 Å². The van der Waals surface area contributed by atoms with E-state index in [4.69, 9.17) is 15.3 Å². The number of rotatable bonds is 7. The fourth-order valence-electron chi connectivity index (χ4n) is 2.45. The molecule has 2 aromatic heterocycles. The Labute approximate surface area is 165 Å². The number of amidine groups is 1. The van der Waals surface area contributed by atoms with Crippen LogP contribution in [0.2, 0.25) is 0 Å². The predicted molar refractivity (Wildman–Crippen MR) is 107 cm³/mol. The zero-order valence-electron chi connectivity index (χ0n) is 15.1. The SMILES string of the molecule is Cc1cc(C)n(-c2ccc(/C(N)=N/OCCOc3cccc(Br)c3)cn2)n1. The second kappa shape index (κ2) is 8.68. The van der Waals surface area contributed by atoms with E-state index in [0.29, 0.717) is 12.2 Å². The molecule has 0 radical (unpaired) electrons. The third-order valence-corrected chi connectivity index (χ3v) is 4.17. The van der Waals surface area contributed by atoms with Crippen molar-refractivity contribution >= 4 is 21.8 Å². The summed E-state index contributed by atoms with van der Waals surface area (Å²) in [6.07, 6.45) is 1.64. The number of ether oxygens (including phenoxy) is 1. The number of oxime groups is 1. The van der Waals surface area contributed by atoms with E-state index in [2.05, 4.69) is 31.2 Å². The average Bonchev–Trinajstić information content (AvgIpc) is 2.99. The molecule has 1 aromatic carbocycles. The van der Waals surface area contributed by atoms with Gasteiger partial charge in [-0.25, -0.2) is 9.67 Å². The van der Waals surface area contributed by atoms with Crippen molar-refractivity contribution in [2.24, 2.45) is 10.9 Å². The molecule has 0 aliphatic heterocycles. The second-order valence-corrected chi connectivity index (χ2v) is 6.78. The number of hydrogen-bond acceptors (Lipinski definition) is 5. The summed E-state index contributed by atoms with van der Waals surface area (Å²) in [6.45, 7) is 4.57. The molecule has 3 aromatic rings. The Morgan fingerprint density at radius 2 is 2.04 bits per heavy atom. The highest BCUT2D eigenvalue weighted by molar-refractivity contribution is 9.10. The highest BCUT2D eigenvalue weighted by Gasteiger charge is 2.06. The van der Waals surface area contributed by atoms with Gasteiger partial charge in [-0.2, -0.15) is 5.10 Å².